The van der Waals surface area contributed by atoms with Gasteiger partial charge in [-0.15, -0.1) is 0 Å². The molecule has 5 heteroatoms. The zero-order chi connectivity index (χ0) is 19.2. The van der Waals surface area contributed by atoms with Gasteiger partial charge in [-0.05, 0) is 54.7 Å². The number of hydrogen-bond donors (Lipinski definition) is 0. The average Bonchev–Trinajstić information content (AvgIpc) is 2.73. The second-order valence-corrected chi connectivity index (χ2v) is 6.82. The van der Waals surface area contributed by atoms with E-state index in [1.807, 2.05) is 43.4 Å². The largest absolute Gasteiger partial charge is 0.465 e. The van der Waals surface area contributed by atoms with E-state index >= 15 is 0 Å². The van der Waals surface area contributed by atoms with Gasteiger partial charge in [-0.2, -0.15) is 0 Å². The van der Waals surface area contributed by atoms with Gasteiger partial charge in [0, 0.05) is 25.8 Å². The van der Waals surface area contributed by atoms with Gasteiger partial charge in [0.2, 0.25) is 0 Å². The molecule has 0 aliphatic carbocycles. The minimum absolute atomic E-state index is 0.0148. The van der Waals surface area contributed by atoms with Gasteiger partial charge >= 0.3 is 5.97 Å². The zero-order valence-electron chi connectivity index (χ0n) is 15.8. The summed E-state index contributed by atoms with van der Waals surface area (Å²) in [6, 6.07) is 14.7. The van der Waals surface area contributed by atoms with Crippen molar-refractivity contribution >= 4 is 11.9 Å². The Morgan fingerprint density at radius 2 is 1.85 bits per heavy atom. The molecule has 0 unspecified atom stereocenters. The number of carbonyl (C=O) groups is 2. The zero-order valence-corrected chi connectivity index (χ0v) is 15.8. The molecule has 0 aromatic heterocycles. The van der Waals surface area contributed by atoms with Crippen molar-refractivity contribution in [2.75, 3.05) is 27.3 Å². The fraction of sp³-hybridized carbons (Fsp3) is 0.364. The number of carbonyl (C=O) groups excluding carboxylic acids is 2. The number of nitrogens with zero attached hydrogens (tertiary/aromatic N) is 1. The van der Waals surface area contributed by atoms with E-state index in [4.69, 9.17) is 9.47 Å². The minimum atomic E-state index is -0.366. The predicted octanol–water partition coefficient (Wildman–Crippen LogP) is 3.78. The van der Waals surface area contributed by atoms with Gasteiger partial charge in [0.25, 0.3) is 5.91 Å². The molecule has 0 radical (unpaired) electrons. The van der Waals surface area contributed by atoms with E-state index in [-0.39, 0.29) is 18.0 Å². The van der Waals surface area contributed by atoms with Crippen LogP contribution < -0.4 is 0 Å². The monoisotopic (exact) mass is 367 g/mol. The first-order valence-corrected chi connectivity index (χ1v) is 9.24. The maximum atomic E-state index is 12.7. The van der Waals surface area contributed by atoms with Crippen molar-refractivity contribution in [3.05, 3.63) is 59.7 Å². The fourth-order valence-electron chi connectivity index (χ4n) is 3.31. The highest BCUT2D eigenvalue weighted by Crippen LogP contribution is 2.22. The molecule has 1 aliphatic heterocycles. The number of amides is 1. The van der Waals surface area contributed by atoms with Gasteiger partial charge in [0.05, 0.1) is 18.8 Å². The highest BCUT2D eigenvalue weighted by atomic mass is 16.5. The van der Waals surface area contributed by atoms with Crippen LogP contribution in [0.1, 0.15) is 40.0 Å². The first kappa shape index (κ1) is 19.1. The summed E-state index contributed by atoms with van der Waals surface area (Å²) in [5.41, 5.74) is 2.99. The molecule has 1 amide bonds. The van der Waals surface area contributed by atoms with E-state index in [1.54, 1.807) is 17.0 Å². The smallest absolute Gasteiger partial charge is 0.337 e. The van der Waals surface area contributed by atoms with Crippen LogP contribution in [0.15, 0.2) is 48.5 Å². The van der Waals surface area contributed by atoms with Crippen LogP contribution in [0.3, 0.4) is 0 Å². The van der Waals surface area contributed by atoms with Crippen molar-refractivity contribution < 1.29 is 19.1 Å². The Bertz CT molecular complexity index is 794. The van der Waals surface area contributed by atoms with Crippen LogP contribution in [-0.4, -0.2) is 50.2 Å². The average molecular weight is 367 g/mol. The molecule has 0 spiro atoms. The Kier molecular flexibility index (Phi) is 6.24. The number of ether oxygens (including phenoxy) is 2. The molecular formula is C22H25NO4. The lowest BCUT2D eigenvalue weighted by Crippen LogP contribution is -2.37. The van der Waals surface area contributed by atoms with Gasteiger partial charge in [0.1, 0.15) is 0 Å². The Morgan fingerprint density at radius 3 is 2.52 bits per heavy atom. The SMILES string of the molecule is COC(=O)c1cccc(-c2ccc(C(=O)N(C)C[C@@H]3CCCCO3)cc2)c1. The van der Waals surface area contributed by atoms with Crippen molar-refractivity contribution in [1.29, 1.82) is 0 Å². The maximum absolute atomic E-state index is 12.7. The van der Waals surface area contributed by atoms with Gasteiger partial charge in [-0.1, -0.05) is 24.3 Å². The Labute approximate surface area is 159 Å². The predicted molar refractivity (Wildman–Crippen MR) is 104 cm³/mol. The molecule has 1 heterocycles. The van der Waals surface area contributed by atoms with E-state index in [0.29, 0.717) is 17.7 Å². The standard InChI is InChI=1S/C22H25NO4/c1-23(15-20-8-3-4-13-27-20)21(24)17-11-9-16(10-12-17)18-6-5-7-19(14-18)22(25)26-2/h5-7,9-12,14,20H,3-4,8,13,15H2,1-2H3/t20-/m0/s1. The molecule has 0 bridgehead atoms. The number of rotatable bonds is 5. The third-order valence-corrected chi connectivity index (χ3v) is 4.85. The van der Waals surface area contributed by atoms with E-state index in [2.05, 4.69) is 0 Å². The maximum Gasteiger partial charge on any atom is 0.337 e. The van der Waals surface area contributed by atoms with Crippen molar-refractivity contribution in [3.8, 4) is 11.1 Å². The molecule has 0 N–H and O–H groups in total. The number of likely N-dealkylation sites (N-methyl/N-ethyl adjacent to an activating group) is 1. The molecule has 1 aliphatic rings. The summed E-state index contributed by atoms with van der Waals surface area (Å²) >= 11 is 0. The number of methoxy groups -OCH3 is 1. The lowest BCUT2D eigenvalue weighted by atomic mass is 10.0. The van der Waals surface area contributed by atoms with E-state index in [9.17, 15) is 9.59 Å². The molecular weight excluding hydrogens is 342 g/mol. The van der Waals surface area contributed by atoms with E-state index in [1.165, 1.54) is 7.11 Å². The van der Waals surface area contributed by atoms with Crippen molar-refractivity contribution in [1.82, 2.24) is 4.90 Å². The van der Waals surface area contributed by atoms with Crippen molar-refractivity contribution in [2.45, 2.75) is 25.4 Å². The van der Waals surface area contributed by atoms with Gasteiger partial charge in [-0.25, -0.2) is 4.79 Å². The van der Waals surface area contributed by atoms with Gasteiger partial charge in [-0.3, -0.25) is 4.79 Å². The van der Waals surface area contributed by atoms with E-state index < -0.39 is 0 Å². The molecule has 2 aromatic rings. The molecule has 0 saturated carbocycles. The first-order valence-electron chi connectivity index (χ1n) is 9.24. The van der Waals surface area contributed by atoms with Gasteiger partial charge < -0.3 is 14.4 Å². The Hall–Kier alpha value is -2.66. The highest BCUT2D eigenvalue weighted by Gasteiger charge is 2.19. The molecule has 2 aromatic carbocycles. The summed E-state index contributed by atoms with van der Waals surface area (Å²) < 4.78 is 10.5. The summed E-state index contributed by atoms with van der Waals surface area (Å²) in [6.45, 7) is 1.40. The summed E-state index contributed by atoms with van der Waals surface area (Å²) in [5, 5.41) is 0. The second-order valence-electron chi connectivity index (χ2n) is 6.82. The number of benzene rings is 2. The molecule has 1 saturated heterocycles. The van der Waals surface area contributed by atoms with Crippen LogP contribution in [0.4, 0.5) is 0 Å². The molecule has 142 valence electrons. The lowest BCUT2D eigenvalue weighted by molar-refractivity contribution is -0.000187. The van der Waals surface area contributed by atoms with Crippen molar-refractivity contribution in [2.24, 2.45) is 0 Å². The van der Waals surface area contributed by atoms with Crippen LogP contribution in [-0.2, 0) is 9.47 Å². The van der Waals surface area contributed by atoms with Crippen LogP contribution in [0.2, 0.25) is 0 Å². The Balaban J connectivity index is 1.69. The molecule has 27 heavy (non-hydrogen) atoms. The highest BCUT2D eigenvalue weighted by molar-refractivity contribution is 5.95. The molecule has 1 fully saturated rings. The normalized spacial score (nSPS) is 16.6. The summed E-state index contributed by atoms with van der Waals surface area (Å²) in [7, 11) is 3.18. The van der Waals surface area contributed by atoms with Crippen LogP contribution in [0.25, 0.3) is 11.1 Å². The quantitative estimate of drug-likeness (QED) is 0.755. The number of hydrogen-bond acceptors (Lipinski definition) is 4. The van der Waals surface area contributed by atoms with Gasteiger partial charge in [0.15, 0.2) is 0 Å². The Morgan fingerprint density at radius 1 is 1.07 bits per heavy atom. The van der Waals surface area contributed by atoms with Crippen LogP contribution >= 0.6 is 0 Å². The molecule has 3 rings (SSSR count). The van der Waals surface area contributed by atoms with Crippen LogP contribution in [0, 0.1) is 0 Å². The summed E-state index contributed by atoms with van der Waals surface area (Å²) in [4.78, 5) is 26.1. The molecule has 1 atom stereocenters. The van der Waals surface area contributed by atoms with Crippen molar-refractivity contribution in [3.63, 3.8) is 0 Å². The topological polar surface area (TPSA) is 55.8 Å². The van der Waals surface area contributed by atoms with E-state index in [0.717, 1.165) is 37.0 Å². The summed E-state index contributed by atoms with van der Waals surface area (Å²) in [5.74, 6) is -0.380. The minimum Gasteiger partial charge on any atom is -0.465 e. The van der Waals surface area contributed by atoms with Crippen LogP contribution in [0.5, 0.6) is 0 Å². The fourth-order valence-corrected chi connectivity index (χ4v) is 3.31. The summed E-state index contributed by atoms with van der Waals surface area (Å²) in [6.07, 6.45) is 3.40. The number of esters is 1. The third-order valence-electron chi connectivity index (χ3n) is 4.85. The lowest BCUT2D eigenvalue weighted by Gasteiger charge is -2.27. The first-order chi connectivity index (χ1) is 13.1. The third kappa shape index (κ3) is 4.74. The second kappa shape index (κ2) is 8.82. The molecule has 5 nitrogen and oxygen atoms in total.